The van der Waals surface area contributed by atoms with Crippen molar-refractivity contribution in [2.75, 3.05) is 0 Å². The summed E-state index contributed by atoms with van der Waals surface area (Å²) in [6.45, 7) is 4.04. The van der Waals surface area contributed by atoms with Gasteiger partial charge in [0.05, 0.1) is 6.04 Å². The first-order valence-corrected chi connectivity index (χ1v) is 8.99. The van der Waals surface area contributed by atoms with Gasteiger partial charge in [-0.25, -0.2) is 0 Å². The average molecular weight is 344 g/mol. The van der Waals surface area contributed by atoms with Crippen LogP contribution in [0.2, 0.25) is 0 Å². The molecule has 3 rings (SSSR count). The van der Waals surface area contributed by atoms with Gasteiger partial charge >= 0.3 is 0 Å². The zero-order chi connectivity index (χ0) is 17.3. The third kappa shape index (κ3) is 3.19. The van der Waals surface area contributed by atoms with Crippen LogP contribution in [0.4, 0.5) is 0 Å². The van der Waals surface area contributed by atoms with Gasteiger partial charge in [-0.1, -0.05) is 19.9 Å². The highest BCUT2D eigenvalue weighted by Crippen LogP contribution is 2.26. The van der Waals surface area contributed by atoms with Crippen molar-refractivity contribution in [2.45, 2.75) is 39.2 Å². The van der Waals surface area contributed by atoms with Gasteiger partial charge < -0.3 is 10.3 Å². The van der Waals surface area contributed by atoms with Crippen molar-refractivity contribution in [3.8, 4) is 0 Å². The molecule has 2 aromatic heterocycles. The standard InChI is InChI=1S/C18H20N2O3S/c1-10(2)16(15-7-4-8-24-15)20-18(23)12-9-11-13(19-17(12)22)5-3-6-14(11)21/h4,7-10,16H,3,5-6H2,1-2H3,(H,19,22)(H,20,23)/t16-/m0/s1. The minimum absolute atomic E-state index is 0.00575. The van der Waals surface area contributed by atoms with E-state index in [-0.39, 0.29) is 23.3 Å². The number of nitrogens with one attached hydrogen (secondary N) is 2. The van der Waals surface area contributed by atoms with E-state index in [2.05, 4.69) is 10.3 Å². The van der Waals surface area contributed by atoms with E-state index in [4.69, 9.17) is 0 Å². The molecule has 0 aliphatic heterocycles. The maximum absolute atomic E-state index is 12.6. The quantitative estimate of drug-likeness (QED) is 0.894. The van der Waals surface area contributed by atoms with Gasteiger partial charge in [0, 0.05) is 22.6 Å². The van der Waals surface area contributed by atoms with E-state index in [1.54, 1.807) is 11.3 Å². The summed E-state index contributed by atoms with van der Waals surface area (Å²) in [4.78, 5) is 40.7. The van der Waals surface area contributed by atoms with Gasteiger partial charge in [-0.3, -0.25) is 14.4 Å². The molecule has 0 spiro atoms. The summed E-state index contributed by atoms with van der Waals surface area (Å²) in [6, 6.07) is 5.20. The number of H-pyrrole nitrogens is 1. The van der Waals surface area contributed by atoms with Crippen molar-refractivity contribution in [3.63, 3.8) is 0 Å². The number of amides is 1. The molecule has 0 saturated carbocycles. The molecule has 2 N–H and O–H groups in total. The first-order valence-electron chi connectivity index (χ1n) is 8.11. The van der Waals surface area contributed by atoms with Crippen LogP contribution in [0.15, 0.2) is 28.4 Å². The number of aryl methyl sites for hydroxylation is 1. The largest absolute Gasteiger partial charge is 0.344 e. The fraction of sp³-hybridized carbons (Fsp3) is 0.389. The van der Waals surface area contributed by atoms with Crippen molar-refractivity contribution in [3.05, 3.63) is 55.6 Å². The number of pyridine rings is 1. The second-order valence-electron chi connectivity index (χ2n) is 6.39. The van der Waals surface area contributed by atoms with E-state index in [1.165, 1.54) is 6.07 Å². The van der Waals surface area contributed by atoms with Crippen LogP contribution in [0.1, 0.15) is 64.0 Å². The molecule has 2 aromatic rings. The predicted octanol–water partition coefficient (Wildman–Crippen LogP) is 3.08. The number of hydrogen-bond acceptors (Lipinski definition) is 4. The summed E-state index contributed by atoms with van der Waals surface area (Å²) in [7, 11) is 0. The molecule has 1 atom stereocenters. The maximum atomic E-state index is 12.6. The molecule has 1 aliphatic carbocycles. The zero-order valence-corrected chi connectivity index (χ0v) is 14.5. The van der Waals surface area contributed by atoms with Crippen LogP contribution >= 0.6 is 11.3 Å². The van der Waals surface area contributed by atoms with Crippen molar-refractivity contribution in [2.24, 2.45) is 5.92 Å². The fourth-order valence-electron chi connectivity index (χ4n) is 3.00. The van der Waals surface area contributed by atoms with Crippen LogP contribution in [0, 0.1) is 5.92 Å². The van der Waals surface area contributed by atoms with Gasteiger partial charge in [0.2, 0.25) is 0 Å². The van der Waals surface area contributed by atoms with Crippen LogP contribution < -0.4 is 10.9 Å². The van der Waals surface area contributed by atoms with E-state index < -0.39 is 11.5 Å². The van der Waals surface area contributed by atoms with Crippen molar-refractivity contribution < 1.29 is 9.59 Å². The Morgan fingerprint density at radius 3 is 2.75 bits per heavy atom. The summed E-state index contributed by atoms with van der Waals surface area (Å²) in [5.74, 6) is -0.268. The Morgan fingerprint density at radius 2 is 2.08 bits per heavy atom. The van der Waals surface area contributed by atoms with E-state index in [1.807, 2.05) is 31.4 Å². The van der Waals surface area contributed by atoms with Crippen LogP contribution in [0.3, 0.4) is 0 Å². The Kier molecular flexibility index (Phi) is 4.66. The van der Waals surface area contributed by atoms with Crippen LogP contribution in [0.5, 0.6) is 0 Å². The van der Waals surface area contributed by atoms with Crippen molar-refractivity contribution in [1.29, 1.82) is 0 Å². The number of Topliss-reactive ketones (excluding diaryl/α,β-unsaturated/α-hetero) is 1. The molecule has 2 heterocycles. The summed E-state index contributed by atoms with van der Waals surface area (Å²) in [5, 5.41) is 4.90. The number of thiophene rings is 1. The number of hydrogen-bond donors (Lipinski definition) is 2. The molecule has 6 heteroatoms. The molecule has 0 bridgehead atoms. The predicted molar refractivity (Wildman–Crippen MR) is 93.7 cm³/mol. The highest BCUT2D eigenvalue weighted by molar-refractivity contribution is 7.10. The lowest BCUT2D eigenvalue weighted by molar-refractivity contribution is 0.0925. The first kappa shape index (κ1) is 16.6. The highest BCUT2D eigenvalue weighted by atomic mass is 32.1. The molecule has 1 aliphatic rings. The Hall–Kier alpha value is -2.21. The molecule has 24 heavy (non-hydrogen) atoms. The van der Waals surface area contributed by atoms with E-state index in [0.29, 0.717) is 24.1 Å². The Bertz CT molecular complexity index is 821. The van der Waals surface area contributed by atoms with E-state index >= 15 is 0 Å². The minimum Gasteiger partial charge on any atom is -0.344 e. The summed E-state index contributed by atoms with van der Waals surface area (Å²) in [6.07, 6.45) is 1.87. The topological polar surface area (TPSA) is 79.0 Å². The molecular formula is C18H20N2O3S. The molecule has 1 amide bonds. The summed E-state index contributed by atoms with van der Waals surface area (Å²) < 4.78 is 0. The lowest BCUT2D eigenvalue weighted by Gasteiger charge is -2.21. The van der Waals surface area contributed by atoms with Gasteiger partial charge in [0.1, 0.15) is 5.56 Å². The third-order valence-electron chi connectivity index (χ3n) is 4.30. The number of ketones is 1. The average Bonchev–Trinajstić information content (AvgIpc) is 3.05. The van der Waals surface area contributed by atoms with E-state index in [9.17, 15) is 14.4 Å². The second-order valence-corrected chi connectivity index (χ2v) is 7.37. The summed E-state index contributed by atoms with van der Waals surface area (Å²) in [5.41, 5.74) is 0.690. The van der Waals surface area contributed by atoms with Gasteiger partial charge in [-0.05, 0) is 36.3 Å². The molecule has 0 saturated heterocycles. The first-order chi connectivity index (χ1) is 11.5. The van der Waals surface area contributed by atoms with Gasteiger partial charge in [-0.2, -0.15) is 0 Å². The van der Waals surface area contributed by atoms with Crippen molar-refractivity contribution >= 4 is 23.0 Å². The molecule has 0 fully saturated rings. The monoisotopic (exact) mass is 344 g/mol. The molecule has 0 aromatic carbocycles. The molecule has 0 radical (unpaired) electrons. The highest BCUT2D eigenvalue weighted by Gasteiger charge is 2.25. The normalized spacial score (nSPS) is 15.2. The second kappa shape index (κ2) is 6.73. The number of carbonyl (C=O) groups excluding carboxylic acids is 2. The molecule has 5 nitrogen and oxygen atoms in total. The number of aromatic nitrogens is 1. The van der Waals surface area contributed by atoms with Gasteiger partial charge in [0.15, 0.2) is 5.78 Å². The summed E-state index contributed by atoms with van der Waals surface area (Å²) >= 11 is 1.57. The molecular weight excluding hydrogens is 324 g/mol. The minimum atomic E-state index is -0.440. The number of fused-ring (bicyclic) bond motifs is 1. The molecule has 126 valence electrons. The zero-order valence-electron chi connectivity index (χ0n) is 13.7. The van der Waals surface area contributed by atoms with Crippen LogP contribution in [-0.2, 0) is 6.42 Å². The van der Waals surface area contributed by atoms with E-state index in [0.717, 1.165) is 11.3 Å². The Balaban J connectivity index is 1.91. The number of rotatable bonds is 4. The number of carbonyl (C=O) groups is 2. The van der Waals surface area contributed by atoms with Gasteiger partial charge in [0.25, 0.3) is 11.5 Å². The molecule has 0 unspecified atom stereocenters. The van der Waals surface area contributed by atoms with Crippen LogP contribution in [-0.4, -0.2) is 16.7 Å². The number of aromatic amines is 1. The Morgan fingerprint density at radius 1 is 1.29 bits per heavy atom. The third-order valence-corrected chi connectivity index (χ3v) is 5.26. The van der Waals surface area contributed by atoms with Crippen LogP contribution in [0.25, 0.3) is 0 Å². The lowest BCUT2D eigenvalue weighted by atomic mass is 9.93. The smallest absolute Gasteiger partial charge is 0.261 e. The maximum Gasteiger partial charge on any atom is 0.261 e. The lowest BCUT2D eigenvalue weighted by Crippen LogP contribution is -2.35. The SMILES string of the molecule is CC(C)[C@H](NC(=O)c1cc2c([nH]c1=O)CCCC2=O)c1cccs1. The Labute approximate surface area is 144 Å². The van der Waals surface area contributed by atoms with Crippen molar-refractivity contribution in [1.82, 2.24) is 10.3 Å². The van der Waals surface area contributed by atoms with Gasteiger partial charge in [-0.15, -0.1) is 11.3 Å². The fourth-order valence-corrected chi connectivity index (χ4v) is 3.95.